The van der Waals surface area contributed by atoms with E-state index in [0.29, 0.717) is 46.9 Å². The number of nitrogens with zero attached hydrogens (tertiary/aromatic N) is 6. The van der Waals surface area contributed by atoms with E-state index in [0.717, 1.165) is 18.7 Å². The van der Waals surface area contributed by atoms with Crippen molar-refractivity contribution in [3.05, 3.63) is 41.4 Å². The highest BCUT2D eigenvalue weighted by Gasteiger charge is 2.46. The van der Waals surface area contributed by atoms with Crippen molar-refractivity contribution < 1.29 is 24.2 Å². The monoisotopic (exact) mass is 627 g/mol. The molecule has 3 aromatic rings. The van der Waals surface area contributed by atoms with Crippen molar-refractivity contribution in [3.63, 3.8) is 0 Å². The van der Waals surface area contributed by atoms with Crippen LogP contribution in [-0.4, -0.2) is 110 Å². The predicted octanol–water partition coefficient (Wildman–Crippen LogP) is 0.889. The first-order valence-corrected chi connectivity index (χ1v) is 15.4. The van der Waals surface area contributed by atoms with Gasteiger partial charge in [-0.15, -0.1) is 0 Å². The lowest BCUT2D eigenvalue weighted by atomic mass is 10.1. The lowest BCUT2D eigenvalue weighted by Gasteiger charge is -2.38. The first-order valence-electron chi connectivity index (χ1n) is 15.0. The molecule has 2 aromatic heterocycles. The largest absolute Gasteiger partial charge is 0.483 e. The van der Waals surface area contributed by atoms with E-state index >= 15 is 0 Å². The highest BCUT2D eigenvalue weighted by atomic mass is 35.5. The number of ether oxygens (including phenoxy) is 2. The maximum absolute atomic E-state index is 13.0. The Hall–Kier alpha value is -3.56. The van der Waals surface area contributed by atoms with Gasteiger partial charge in [0.1, 0.15) is 18.2 Å². The van der Waals surface area contributed by atoms with Gasteiger partial charge in [0.05, 0.1) is 12.4 Å². The molecular formula is C29H38ClN9O5. The standard InChI is InChI=1S/C29H38ClN9O5/c1-32-28(42)25-22(31)24(41)29(44-25)39-16-36-23-26(34-15-35-27(23)39)33-13-17-12-18(30)6-7-20(17)43-14-21(40)38-10-8-37(9-11-38)19-4-2-3-5-19/h6-7,12,15-16,19,22,24-25,29,41H,2-5,8-11,13-14,31H2,1H3,(H,32,42)(H,33,34,35)/t22-,24+,25-,29+/m0/s1. The number of piperazine rings is 1. The maximum atomic E-state index is 13.0. The summed E-state index contributed by atoms with van der Waals surface area (Å²) in [5, 5.41) is 17.0. The number of nitrogens with one attached hydrogen (secondary N) is 2. The SMILES string of the molecule is CNC(=O)[C@H]1O[C@@H](n2cnc3c(NCc4cc(Cl)ccc4OCC(=O)N4CCN(C5CCCC5)CC4)ncnc32)[C@H](O)[C@@H]1N. The number of likely N-dealkylation sites (N-methyl/N-ethyl adjacent to an activating group) is 1. The van der Waals surface area contributed by atoms with Gasteiger partial charge in [0.15, 0.2) is 35.9 Å². The number of nitrogens with two attached hydrogens (primary N) is 1. The third-order valence-corrected chi connectivity index (χ3v) is 9.02. The quantitative estimate of drug-likeness (QED) is 0.265. The van der Waals surface area contributed by atoms with Gasteiger partial charge in [0.25, 0.3) is 11.8 Å². The van der Waals surface area contributed by atoms with Crippen LogP contribution in [0.5, 0.6) is 5.75 Å². The van der Waals surface area contributed by atoms with Crippen LogP contribution < -0.4 is 21.1 Å². The van der Waals surface area contributed by atoms with E-state index in [1.54, 1.807) is 18.2 Å². The van der Waals surface area contributed by atoms with Gasteiger partial charge in [-0.25, -0.2) is 15.0 Å². The lowest BCUT2D eigenvalue weighted by molar-refractivity contribution is -0.135. The number of rotatable bonds is 9. The summed E-state index contributed by atoms with van der Waals surface area (Å²) in [6.45, 7) is 3.45. The number of hydrogen-bond acceptors (Lipinski definition) is 11. The zero-order valence-electron chi connectivity index (χ0n) is 24.6. The predicted molar refractivity (Wildman–Crippen MR) is 162 cm³/mol. The van der Waals surface area contributed by atoms with E-state index in [4.69, 9.17) is 26.8 Å². The molecule has 1 saturated carbocycles. The Morgan fingerprint density at radius 1 is 1.16 bits per heavy atom. The molecule has 1 aromatic carbocycles. The molecule has 0 bridgehead atoms. The molecule has 3 fully saturated rings. The van der Waals surface area contributed by atoms with Gasteiger partial charge in [-0.05, 0) is 31.0 Å². The molecule has 4 heterocycles. The molecular weight excluding hydrogens is 590 g/mol. The van der Waals surface area contributed by atoms with Crippen LogP contribution in [0.15, 0.2) is 30.9 Å². The molecule has 2 aliphatic heterocycles. The highest BCUT2D eigenvalue weighted by molar-refractivity contribution is 6.30. The van der Waals surface area contributed by atoms with Gasteiger partial charge in [-0.3, -0.25) is 19.1 Å². The fourth-order valence-electron chi connectivity index (χ4n) is 6.31. The van der Waals surface area contributed by atoms with Crippen LogP contribution in [0.2, 0.25) is 5.02 Å². The summed E-state index contributed by atoms with van der Waals surface area (Å²) < 4.78 is 13.3. The highest BCUT2D eigenvalue weighted by Crippen LogP contribution is 2.32. The molecule has 2 amide bonds. The number of aliphatic hydroxyl groups is 1. The van der Waals surface area contributed by atoms with Crippen LogP contribution in [-0.2, 0) is 20.9 Å². The second-order valence-electron chi connectivity index (χ2n) is 11.4. The van der Waals surface area contributed by atoms with E-state index in [1.807, 2.05) is 4.90 Å². The first kappa shape index (κ1) is 30.5. The van der Waals surface area contributed by atoms with E-state index < -0.39 is 30.4 Å². The lowest BCUT2D eigenvalue weighted by Crippen LogP contribution is -2.52. The summed E-state index contributed by atoms with van der Waals surface area (Å²) in [6.07, 6.45) is 4.81. The minimum absolute atomic E-state index is 0.0392. The molecule has 0 unspecified atom stereocenters. The molecule has 44 heavy (non-hydrogen) atoms. The smallest absolute Gasteiger partial charge is 0.260 e. The number of amides is 2. The van der Waals surface area contributed by atoms with E-state index in [9.17, 15) is 14.7 Å². The molecule has 14 nitrogen and oxygen atoms in total. The van der Waals surface area contributed by atoms with Crippen molar-refractivity contribution in [2.45, 2.75) is 62.7 Å². The van der Waals surface area contributed by atoms with Crippen LogP contribution in [0.3, 0.4) is 0 Å². The van der Waals surface area contributed by atoms with Gasteiger partial charge in [-0.1, -0.05) is 24.4 Å². The molecule has 0 radical (unpaired) electrons. The van der Waals surface area contributed by atoms with Crippen molar-refractivity contribution in [1.29, 1.82) is 0 Å². The summed E-state index contributed by atoms with van der Waals surface area (Å²) in [7, 11) is 1.47. The molecule has 4 atom stereocenters. The van der Waals surface area contributed by atoms with Gasteiger partial charge in [-0.2, -0.15) is 0 Å². The fraction of sp³-hybridized carbons (Fsp3) is 0.552. The van der Waals surface area contributed by atoms with Gasteiger partial charge < -0.3 is 35.8 Å². The molecule has 1 aliphatic carbocycles. The molecule has 236 valence electrons. The Morgan fingerprint density at radius 2 is 1.93 bits per heavy atom. The van der Waals surface area contributed by atoms with Crippen molar-refractivity contribution >= 4 is 40.4 Å². The van der Waals surface area contributed by atoms with Gasteiger partial charge in [0.2, 0.25) is 0 Å². The zero-order valence-corrected chi connectivity index (χ0v) is 25.3. The Balaban J connectivity index is 1.10. The van der Waals surface area contributed by atoms with Crippen molar-refractivity contribution in [2.24, 2.45) is 5.73 Å². The summed E-state index contributed by atoms with van der Waals surface area (Å²) in [4.78, 5) is 42.7. The normalized spacial score (nSPS) is 24.6. The number of aromatic nitrogens is 4. The number of fused-ring (bicyclic) bond motifs is 1. The Kier molecular flexibility index (Phi) is 9.14. The fourth-order valence-corrected chi connectivity index (χ4v) is 6.50. The van der Waals surface area contributed by atoms with Gasteiger partial charge in [0, 0.05) is 56.4 Å². The Labute approximate surface area is 259 Å². The number of benzene rings is 1. The average Bonchev–Trinajstić information content (AvgIpc) is 3.80. The summed E-state index contributed by atoms with van der Waals surface area (Å²) in [5.41, 5.74) is 7.61. The van der Waals surface area contributed by atoms with Crippen LogP contribution in [0.4, 0.5) is 5.82 Å². The van der Waals surface area contributed by atoms with Crippen LogP contribution in [0, 0.1) is 0 Å². The molecule has 6 rings (SSSR count). The van der Waals surface area contributed by atoms with Crippen LogP contribution >= 0.6 is 11.6 Å². The van der Waals surface area contributed by atoms with Crippen LogP contribution in [0.1, 0.15) is 37.5 Å². The number of halogens is 1. The van der Waals surface area contributed by atoms with Crippen molar-refractivity contribution in [1.82, 2.24) is 34.6 Å². The van der Waals surface area contributed by atoms with E-state index in [2.05, 4.69) is 30.5 Å². The summed E-state index contributed by atoms with van der Waals surface area (Å²) in [5.74, 6) is 0.495. The third-order valence-electron chi connectivity index (χ3n) is 8.79. The number of anilines is 1. The number of carbonyl (C=O) groups excluding carboxylic acids is 2. The molecule has 3 aliphatic rings. The average molecular weight is 628 g/mol. The summed E-state index contributed by atoms with van der Waals surface area (Å²) in [6, 6.07) is 4.99. The minimum atomic E-state index is -1.16. The zero-order chi connectivity index (χ0) is 30.8. The molecule has 2 saturated heterocycles. The Bertz CT molecular complexity index is 1490. The maximum Gasteiger partial charge on any atom is 0.260 e. The molecule has 5 N–H and O–H groups in total. The third kappa shape index (κ3) is 6.17. The minimum Gasteiger partial charge on any atom is -0.483 e. The van der Waals surface area contributed by atoms with Crippen LogP contribution in [0.25, 0.3) is 11.2 Å². The second kappa shape index (κ2) is 13.2. The number of hydrogen-bond donors (Lipinski definition) is 4. The second-order valence-corrected chi connectivity index (χ2v) is 11.9. The number of carbonyl (C=O) groups is 2. The van der Waals surface area contributed by atoms with Crippen molar-refractivity contribution in [2.75, 3.05) is 45.2 Å². The molecule has 15 heteroatoms. The molecule has 0 spiro atoms. The topological polar surface area (TPSA) is 173 Å². The Morgan fingerprint density at radius 3 is 2.68 bits per heavy atom. The van der Waals surface area contributed by atoms with Crippen molar-refractivity contribution in [3.8, 4) is 5.75 Å². The number of imidazole rings is 1. The number of aliphatic hydroxyl groups excluding tert-OH is 1. The van der Waals surface area contributed by atoms with E-state index in [1.165, 1.54) is 50.0 Å². The summed E-state index contributed by atoms with van der Waals surface area (Å²) >= 11 is 6.31. The first-order chi connectivity index (χ1) is 21.3. The van der Waals surface area contributed by atoms with Gasteiger partial charge >= 0.3 is 0 Å². The van der Waals surface area contributed by atoms with E-state index in [-0.39, 0.29) is 19.1 Å².